The largest absolute Gasteiger partial charge is 0.370 e. The molecule has 0 aliphatic heterocycles. The number of thiophene rings is 1. The van der Waals surface area contributed by atoms with E-state index in [0.717, 1.165) is 4.88 Å². The molecule has 1 aromatic rings. The van der Waals surface area contributed by atoms with Crippen LogP contribution in [0, 0.1) is 11.3 Å². The fourth-order valence-electron chi connectivity index (χ4n) is 1.11. The first-order valence-electron chi connectivity index (χ1n) is 4.97. The first kappa shape index (κ1) is 12.5. The average molecular weight is 236 g/mol. The van der Waals surface area contributed by atoms with Crippen molar-refractivity contribution in [2.75, 3.05) is 0 Å². The van der Waals surface area contributed by atoms with Crippen LogP contribution in [0.3, 0.4) is 0 Å². The van der Waals surface area contributed by atoms with Crippen LogP contribution in [-0.4, -0.2) is 11.5 Å². The van der Waals surface area contributed by atoms with Crippen molar-refractivity contribution < 1.29 is 0 Å². The van der Waals surface area contributed by atoms with E-state index in [-0.39, 0.29) is 5.54 Å². The van der Waals surface area contributed by atoms with Gasteiger partial charge in [0.2, 0.25) is 0 Å². The molecule has 5 heteroatoms. The van der Waals surface area contributed by atoms with Gasteiger partial charge in [0.15, 0.2) is 5.96 Å². The quantitative estimate of drug-likeness (QED) is 0.607. The molecule has 0 fully saturated rings. The fourth-order valence-corrected chi connectivity index (χ4v) is 1.84. The van der Waals surface area contributed by atoms with Gasteiger partial charge in [0.25, 0.3) is 0 Å². The van der Waals surface area contributed by atoms with Gasteiger partial charge in [0, 0.05) is 10.4 Å². The van der Waals surface area contributed by atoms with Crippen LogP contribution < -0.4 is 11.1 Å². The minimum atomic E-state index is -0.0825. The van der Waals surface area contributed by atoms with E-state index in [1.807, 2.05) is 26.8 Å². The summed E-state index contributed by atoms with van der Waals surface area (Å²) in [6, 6.07) is 5.79. The maximum Gasteiger partial charge on any atom is 0.189 e. The van der Waals surface area contributed by atoms with Crippen molar-refractivity contribution in [1.82, 2.24) is 5.32 Å². The third kappa shape index (κ3) is 4.32. The molecular weight excluding hydrogens is 220 g/mol. The molecule has 0 aliphatic carbocycles. The lowest BCUT2D eigenvalue weighted by Gasteiger charge is -2.20. The van der Waals surface area contributed by atoms with Crippen molar-refractivity contribution in [2.45, 2.75) is 32.9 Å². The Balaban J connectivity index is 2.56. The molecule has 0 aliphatic rings. The molecule has 0 spiro atoms. The molecule has 3 N–H and O–H groups in total. The highest BCUT2D eigenvalue weighted by atomic mass is 32.1. The van der Waals surface area contributed by atoms with Crippen LogP contribution in [0.4, 0.5) is 0 Å². The maximum absolute atomic E-state index is 8.67. The number of nitrogens with two attached hydrogens (primary N) is 1. The smallest absolute Gasteiger partial charge is 0.189 e. The molecule has 0 amide bonds. The first-order chi connectivity index (χ1) is 7.40. The lowest BCUT2D eigenvalue weighted by molar-refractivity contribution is 0.508. The summed E-state index contributed by atoms with van der Waals surface area (Å²) in [5.74, 6) is 0.430. The van der Waals surface area contributed by atoms with Crippen molar-refractivity contribution >= 4 is 17.3 Å². The number of hydrogen-bond acceptors (Lipinski definition) is 3. The third-order valence-corrected chi connectivity index (χ3v) is 2.65. The van der Waals surface area contributed by atoms with Crippen molar-refractivity contribution in [3.63, 3.8) is 0 Å². The number of nitrogens with one attached hydrogen (secondary N) is 1. The summed E-state index contributed by atoms with van der Waals surface area (Å²) >= 11 is 1.44. The summed E-state index contributed by atoms with van der Waals surface area (Å²) in [6.07, 6.45) is 0. The molecule has 4 nitrogen and oxygen atoms in total. The van der Waals surface area contributed by atoms with Crippen molar-refractivity contribution in [3.05, 3.63) is 21.9 Å². The standard InChI is InChI=1S/C11H16N4S/c1-11(2,3)15-10(13)14-7-9-5-4-8(6-12)16-9/h4-5H,7H2,1-3H3,(H3,13,14,15). The van der Waals surface area contributed by atoms with E-state index in [2.05, 4.69) is 16.4 Å². The number of nitriles is 1. The summed E-state index contributed by atoms with van der Waals surface area (Å²) in [5.41, 5.74) is 5.64. The predicted molar refractivity (Wildman–Crippen MR) is 67.2 cm³/mol. The lowest BCUT2D eigenvalue weighted by atomic mass is 10.1. The highest BCUT2D eigenvalue weighted by molar-refractivity contribution is 7.12. The Hall–Kier alpha value is -1.54. The normalized spacial score (nSPS) is 12.2. The minimum absolute atomic E-state index is 0.0825. The maximum atomic E-state index is 8.67. The van der Waals surface area contributed by atoms with Crippen LogP contribution in [0.2, 0.25) is 0 Å². The Morgan fingerprint density at radius 2 is 2.25 bits per heavy atom. The van der Waals surface area contributed by atoms with E-state index in [4.69, 9.17) is 11.0 Å². The van der Waals surface area contributed by atoms with Crippen molar-refractivity contribution in [2.24, 2.45) is 10.7 Å². The zero-order chi connectivity index (χ0) is 12.2. The highest BCUT2D eigenvalue weighted by Crippen LogP contribution is 2.15. The SMILES string of the molecule is CC(C)(C)NC(N)=NCc1ccc(C#N)s1. The number of guanidine groups is 1. The van der Waals surface area contributed by atoms with Crippen LogP contribution >= 0.6 is 11.3 Å². The molecule has 16 heavy (non-hydrogen) atoms. The van der Waals surface area contributed by atoms with Gasteiger partial charge in [0.05, 0.1) is 6.54 Å². The second-order valence-corrected chi connectivity index (χ2v) is 5.62. The van der Waals surface area contributed by atoms with Gasteiger partial charge in [-0.3, -0.25) is 0 Å². The number of hydrogen-bond donors (Lipinski definition) is 2. The highest BCUT2D eigenvalue weighted by Gasteiger charge is 2.09. The van der Waals surface area contributed by atoms with E-state index in [1.54, 1.807) is 6.07 Å². The molecule has 0 bridgehead atoms. The third-order valence-electron chi connectivity index (χ3n) is 1.68. The van der Waals surface area contributed by atoms with Crippen LogP contribution in [0.5, 0.6) is 0 Å². The van der Waals surface area contributed by atoms with Gasteiger partial charge >= 0.3 is 0 Å². The Kier molecular flexibility index (Phi) is 3.91. The van der Waals surface area contributed by atoms with E-state index in [0.29, 0.717) is 17.4 Å². The molecule has 1 heterocycles. The molecule has 0 radical (unpaired) electrons. The van der Waals surface area contributed by atoms with Crippen LogP contribution in [0.25, 0.3) is 0 Å². The first-order valence-corrected chi connectivity index (χ1v) is 5.79. The molecule has 0 unspecified atom stereocenters. The topological polar surface area (TPSA) is 74.2 Å². The van der Waals surface area contributed by atoms with Crippen molar-refractivity contribution in [1.29, 1.82) is 5.26 Å². The molecule has 0 atom stereocenters. The van der Waals surface area contributed by atoms with E-state index >= 15 is 0 Å². The summed E-state index contributed by atoms with van der Waals surface area (Å²) in [4.78, 5) is 5.95. The summed E-state index contributed by atoms with van der Waals surface area (Å²) in [5, 5.41) is 11.7. The predicted octanol–water partition coefficient (Wildman–Crippen LogP) is 1.82. The fraction of sp³-hybridized carbons (Fsp3) is 0.455. The van der Waals surface area contributed by atoms with E-state index < -0.39 is 0 Å². The lowest BCUT2D eigenvalue weighted by Crippen LogP contribution is -2.44. The molecule has 0 saturated heterocycles. The monoisotopic (exact) mass is 236 g/mol. The molecule has 0 aromatic carbocycles. The van der Waals surface area contributed by atoms with Crippen LogP contribution in [-0.2, 0) is 6.54 Å². The number of nitrogens with zero attached hydrogens (tertiary/aromatic N) is 2. The van der Waals surface area contributed by atoms with Gasteiger partial charge < -0.3 is 11.1 Å². The number of rotatable bonds is 2. The molecule has 86 valence electrons. The Morgan fingerprint density at radius 1 is 1.56 bits per heavy atom. The van der Waals surface area contributed by atoms with Crippen LogP contribution in [0.15, 0.2) is 17.1 Å². The van der Waals surface area contributed by atoms with Crippen LogP contribution in [0.1, 0.15) is 30.5 Å². The Morgan fingerprint density at radius 3 is 2.75 bits per heavy atom. The second-order valence-electron chi connectivity index (χ2n) is 4.45. The minimum Gasteiger partial charge on any atom is -0.370 e. The average Bonchev–Trinajstić information content (AvgIpc) is 2.59. The van der Waals surface area contributed by atoms with Gasteiger partial charge in [-0.05, 0) is 32.9 Å². The summed E-state index contributed by atoms with van der Waals surface area (Å²) < 4.78 is 0. The van der Waals surface area contributed by atoms with Crippen molar-refractivity contribution in [3.8, 4) is 6.07 Å². The van der Waals surface area contributed by atoms with Gasteiger partial charge in [-0.25, -0.2) is 4.99 Å². The molecule has 1 aromatic heterocycles. The Bertz CT molecular complexity index is 420. The second kappa shape index (κ2) is 4.99. The molecular formula is C11H16N4S. The van der Waals surface area contributed by atoms with E-state index in [1.165, 1.54) is 11.3 Å². The summed E-state index contributed by atoms with van der Waals surface area (Å²) in [6.45, 7) is 6.58. The van der Waals surface area contributed by atoms with E-state index in [9.17, 15) is 0 Å². The zero-order valence-corrected chi connectivity index (χ0v) is 10.6. The summed E-state index contributed by atoms with van der Waals surface area (Å²) in [7, 11) is 0. The van der Waals surface area contributed by atoms with Gasteiger partial charge in [-0.1, -0.05) is 0 Å². The zero-order valence-electron chi connectivity index (χ0n) is 9.74. The van der Waals surface area contributed by atoms with Gasteiger partial charge in [0.1, 0.15) is 10.9 Å². The number of aliphatic imine (C=N–C) groups is 1. The van der Waals surface area contributed by atoms with Gasteiger partial charge in [-0.2, -0.15) is 5.26 Å². The molecule has 0 saturated carbocycles. The molecule has 1 rings (SSSR count). The van der Waals surface area contributed by atoms with Gasteiger partial charge in [-0.15, -0.1) is 11.3 Å². The Labute approximate surface area is 99.8 Å².